The number of aromatic nitrogens is 3. The van der Waals surface area contributed by atoms with E-state index < -0.39 is 0 Å². The second-order valence-electron chi connectivity index (χ2n) is 4.81. The molecule has 108 valence electrons. The lowest BCUT2D eigenvalue weighted by Gasteiger charge is -2.05. The quantitative estimate of drug-likeness (QED) is 0.790. The highest BCUT2D eigenvalue weighted by Gasteiger charge is 2.06. The summed E-state index contributed by atoms with van der Waals surface area (Å²) in [6.07, 6.45) is 2.67. The van der Waals surface area contributed by atoms with Crippen LogP contribution in [0.5, 0.6) is 0 Å². The van der Waals surface area contributed by atoms with Crippen molar-refractivity contribution in [2.45, 2.75) is 13.3 Å². The molecule has 3 rings (SSSR count). The van der Waals surface area contributed by atoms with Gasteiger partial charge in [-0.2, -0.15) is 4.98 Å². The summed E-state index contributed by atoms with van der Waals surface area (Å²) in [6.45, 7) is 2.72. The molecule has 1 N–H and O–H groups in total. The standard InChI is InChI=1S/C15H14Cl2N4/c1-10-3-2-8-21-14(10)19-15(20-21)18-7-6-11-4-5-12(16)9-13(11)17/h2-5,8-9H,6-7H2,1H3,(H,18,20). The number of halogens is 2. The zero-order valence-electron chi connectivity index (χ0n) is 11.5. The molecule has 0 amide bonds. The third-order valence-corrected chi connectivity index (χ3v) is 3.84. The molecule has 21 heavy (non-hydrogen) atoms. The number of pyridine rings is 1. The van der Waals surface area contributed by atoms with Gasteiger partial charge in [-0.15, -0.1) is 5.10 Å². The maximum Gasteiger partial charge on any atom is 0.243 e. The van der Waals surface area contributed by atoms with Crippen molar-refractivity contribution in [3.05, 3.63) is 57.7 Å². The molecular weight excluding hydrogens is 307 g/mol. The molecule has 3 aromatic rings. The number of hydrogen-bond donors (Lipinski definition) is 1. The Labute approximate surface area is 132 Å². The van der Waals surface area contributed by atoms with E-state index in [0.717, 1.165) is 23.2 Å². The van der Waals surface area contributed by atoms with Crippen LogP contribution in [-0.2, 0) is 6.42 Å². The predicted octanol–water partition coefficient (Wildman–Crippen LogP) is 4.00. The summed E-state index contributed by atoms with van der Waals surface area (Å²) in [5.41, 5.74) is 3.01. The molecule has 0 fully saturated rings. The van der Waals surface area contributed by atoms with E-state index in [-0.39, 0.29) is 0 Å². The van der Waals surface area contributed by atoms with E-state index in [0.29, 0.717) is 22.5 Å². The van der Waals surface area contributed by atoms with Crippen LogP contribution in [0.25, 0.3) is 5.65 Å². The van der Waals surface area contributed by atoms with Gasteiger partial charge >= 0.3 is 0 Å². The van der Waals surface area contributed by atoms with Crippen LogP contribution >= 0.6 is 23.2 Å². The first-order valence-electron chi connectivity index (χ1n) is 6.63. The fraction of sp³-hybridized carbons (Fsp3) is 0.200. The van der Waals surface area contributed by atoms with E-state index in [1.807, 2.05) is 37.4 Å². The van der Waals surface area contributed by atoms with E-state index in [9.17, 15) is 0 Å². The minimum atomic E-state index is 0.620. The number of benzene rings is 1. The molecule has 0 radical (unpaired) electrons. The van der Waals surface area contributed by atoms with Crippen LogP contribution in [0, 0.1) is 6.92 Å². The van der Waals surface area contributed by atoms with Crippen LogP contribution in [0.3, 0.4) is 0 Å². The van der Waals surface area contributed by atoms with E-state index in [2.05, 4.69) is 15.4 Å². The summed E-state index contributed by atoms with van der Waals surface area (Å²) in [5.74, 6) is 0.620. The maximum absolute atomic E-state index is 6.15. The average molecular weight is 321 g/mol. The van der Waals surface area contributed by atoms with Gasteiger partial charge in [-0.05, 0) is 42.7 Å². The molecule has 0 spiro atoms. The Hall–Kier alpha value is -1.78. The lowest BCUT2D eigenvalue weighted by atomic mass is 10.1. The minimum absolute atomic E-state index is 0.620. The fourth-order valence-electron chi connectivity index (χ4n) is 2.15. The summed E-state index contributed by atoms with van der Waals surface area (Å²) in [7, 11) is 0. The molecule has 0 saturated heterocycles. The number of anilines is 1. The molecule has 1 aromatic carbocycles. The zero-order valence-corrected chi connectivity index (χ0v) is 13.0. The summed E-state index contributed by atoms with van der Waals surface area (Å²) in [5, 5.41) is 8.93. The van der Waals surface area contributed by atoms with E-state index in [1.165, 1.54) is 0 Å². The van der Waals surface area contributed by atoms with Gasteiger partial charge in [0.2, 0.25) is 5.95 Å². The maximum atomic E-state index is 6.15. The van der Waals surface area contributed by atoms with Gasteiger partial charge in [0.15, 0.2) is 5.65 Å². The molecule has 6 heteroatoms. The molecule has 0 saturated carbocycles. The van der Waals surface area contributed by atoms with Gasteiger partial charge in [-0.1, -0.05) is 35.3 Å². The Morgan fingerprint density at radius 2 is 2.10 bits per heavy atom. The first kappa shape index (κ1) is 14.2. The Morgan fingerprint density at radius 1 is 1.24 bits per heavy atom. The number of aryl methyl sites for hydroxylation is 1. The van der Waals surface area contributed by atoms with Gasteiger partial charge in [0.1, 0.15) is 0 Å². The molecule has 0 bridgehead atoms. The predicted molar refractivity (Wildman–Crippen MR) is 86.4 cm³/mol. The monoisotopic (exact) mass is 320 g/mol. The number of rotatable bonds is 4. The number of nitrogens with one attached hydrogen (secondary N) is 1. The highest BCUT2D eigenvalue weighted by Crippen LogP contribution is 2.21. The van der Waals surface area contributed by atoms with Crippen molar-refractivity contribution in [1.29, 1.82) is 0 Å². The average Bonchev–Trinajstić information content (AvgIpc) is 2.86. The summed E-state index contributed by atoms with van der Waals surface area (Å²) < 4.78 is 1.77. The van der Waals surface area contributed by atoms with Crippen LogP contribution in [0.4, 0.5) is 5.95 Å². The summed E-state index contributed by atoms with van der Waals surface area (Å²) in [4.78, 5) is 4.47. The van der Waals surface area contributed by atoms with Crippen molar-refractivity contribution < 1.29 is 0 Å². The zero-order chi connectivity index (χ0) is 14.8. The van der Waals surface area contributed by atoms with E-state index in [4.69, 9.17) is 23.2 Å². The van der Waals surface area contributed by atoms with Crippen LogP contribution in [0.2, 0.25) is 10.0 Å². The molecule has 4 nitrogen and oxygen atoms in total. The highest BCUT2D eigenvalue weighted by molar-refractivity contribution is 6.35. The molecule has 0 aliphatic rings. The van der Waals surface area contributed by atoms with Crippen molar-refractivity contribution in [2.75, 3.05) is 11.9 Å². The third kappa shape index (κ3) is 3.12. The van der Waals surface area contributed by atoms with Crippen LogP contribution in [0.1, 0.15) is 11.1 Å². The minimum Gasteiger partial charge on any atom is -0.353 e. The number of hydrogen-bond acceptors (Lipinski definition) is 3. The molecule has 0 aliphatic heterocycles. The first-order valence-corrected chi connectivity index (χ1v) is 7.39. The van der Waals surface area contributed by atoms with Crippen molar-refractivity contribution >= 4 is 34.8 Å². The smallest absolute Gasteiger partial charge is 0.243 e. The van der Waals surface area contributed by atoms with Gasteiger partial charge < -0.3 is 5.32 Å². The molecule has 2 aromatic heterocycles. The molecule has 2 heterocycles. The van der Waals surface area contributed by atoms with Gasteiger partial charge in [0.05, 0.1) is 0 Å². The number of fused-ring (bicyclic) bond motifs is 1. The van der Waals surface area contributed by atoms with Crippen molar-refractivity contribution in [3.63, 3.8) is 0 Å². The topological polar surface area (TPSA) is 42.2 Å². The normalized spacial score (nSPS) is 11.0. The van der Waals surface area contributed by atoms with Crippen molar-refractivity contribution in [1.82, 2.24) is 14.6 Å². The second kappa shape index (κ2) is 5.92. The van der Waals surface area contributed by atoms with E-state index in [1.54, 1.807) is 10.6 Å². The first-order chi connectivity index (χ1) is 10.1. The second-order valence-corrected chi connectivity index (χ2v) is 5.65. The SMILES string of the molecule is Cc1cccn2nc(NCCc3ccc(Cl)cc3Cl)nc12. The Kier molecular flexibility index (Phi) is 3.99. The van der Waals surface area contributed by atoms with E-state index >= 15 is 0 Å². The van der Waals surface area contributed by atoms with Gasteiger partial charge in [0, 0.05) is 22.8 Å². The molecular formula is C15H14Cl2N4. The van der Waals surface area contributed by atoms with Crippen LogP contribution in [0.15, 0.2) is 36.5 Å². The largest absolute Gasteiger partial charge is 0.353 e. The van der Waals surface area contributed by atoms with Gasteiger partial charge in [-0.25, -0.2) is 4.52 Å². The van der Waals surface area contributed by atoms with Crippen molar-refractivity contribution in [2.24, 2.45) is 0 Å². The lowest BCUT2D eigenvalue weighted by molar-refractivity contribution is 0.935. The highest BCUT2D eigenvalue weighted by atomic mass is 35.5. The number of nitrogens with zero attached hydrogens (tertiary/aromatic N) is 3. The van der Waals surface area contributed by atoms with Crippen molar-refractivity contribution in [3.8, 4) is 0 Å². The Balaban J connectivity index is 1.68. The lowest BCUT2D eigenvalue weighted by Crippen LogP contribution is -2.06. The summed E-state index contributed by atoms with van der Waals surface area (Å²) in [6, 6.07) is 9.50. The van der Waals surface area contributed by atoms with Gasteiger partial charge in [0.25, 0.3) is 0 Å². The Bertz CT molecular complexity index is 782. The summed E-state index contributed by atoms with van der Waals surface area (Å²) >= 11 is 12.0. The fourth-order valence-corrected chi connectivity index (χ4v) is 2.65. The molecule has 0 aliphatic carbocycles. The van der Waals surface area contributed by atoms with Crippen LogP contribution in [-0.4, -0.2) is 21.1 Å². The third-order valence-electron chi connectivity index (χ3n) is 3.25. The van der Waals surface area contributed by atoms with Gasteiger partial charge in [-0.3, -0.25) is 0 Å². The Morgan fingerprint density at radius 3 is 2.86 bits per heavy atom. The van der Waals surface area contributed by atoms with Crippen LogP contribution < -0.4 is 5.32 Å². The molecule has 0 unspecified atom stereocenters. The molecule has 0 atom stereocenters.